The fraction of sp³-hybridized carbons (Fsp3) is 0.500. The Balaban J connectivity index is 1.91. The van der Waals surface area contributed by atoms with Gasteiger partial charge in [0, 0.05) is 13.2 Å². The van der Waals surface area contributed by atoms with Gasteiger partial charge < -0.3 is 9.15 Å². The van der Waals surface area contributed by atoms with E-state index in [2.05, 4.69) is 11.9 Å². The van der Waals surface area contributed by atoms with Crippen LogP contribution >= 0.6 is 11.6 Å². The van der Waals surface area contributed by atoms with Gasteiger partial charge in [-0.3, -0.25) is 4.98 Å². The average molecular weight is 282 g/mol. The Hall–Kier alpha value is -1.26. The minimum absolute atomic E-state index is 0.0801. The summed E-state index contributed by atoms with van der Waals surface area (Å²) in [5, 5.41) is -0.0801. The van der Waals surface area contributed by atoms with E-state index >= 15 is 0 Å². The molecular weight excluding hydrogens is 266 g/mol. The molecular formula is C14H16ClNO3. The van der Waals surface area contributed by atoms with Crippen LogP contribution in [0.15, 0.2) is 27.4 Å². The molecule has 3 unspecified atom stereocenters. The number of benzene rings is 1. The highest BCUT2D eigenvalue weighted by Gasteiger charge is 2.29. The first-order chi connectivity index (χ1) is 9.15. The first kappa shape index (κ1) is 12.8. The summed E-state index contributed by atoms with van der Waals surface area (Å²) < 4.78 is 10.5. The number of H-pyrrole nitrogens is 1. The minimum atomic E-state index is -0.433. The van der Waals surface area contributed by atoms with Crippen LogP contribution in [0, 0.1) is 11.8 Å². The molecule has 1 N–H and O–H groups in total. The second-order valence-corrected chi connectivity index (χ2v) is 5.65. The Kier molecular flexibility index (Phi) is 3.37. The number of hydrogen-bond donors (Lipinski definition) is 1. The number of fused-ring (bicyclic) bond motifs is 1. The summed E-state index contributed by atoms with van der Waals surface area (Å²) in [7, 11) is 0. The predicted molar refractivity (Wildman–Crippen MR) is 73.5 cm³/mol. The lowest BCUT2D eigenvalue weighted by Gasteiger charge is -2.32. The van der Waals surface area contributed by atoms with Gasteiger partial charge in [0.05, 0.1) is 10.9 Å². The van der Waals surface area contributed by atoms with Crippen LogP contribution in [0.25, 0.3) is 11.1 Å². The molecule has 1 aromatic carbocycles. The number of oxazole rings is 1. The van der Waals surface area contributed by atoms with Crippen LogP contribution in [0.1, 0.15) is 24.3 Å². The molecule has 1 aromatic heterocycles. The monoisotopic (exact) mass is 281 g/mol. The Morgan fingerprint density at radius 3 is 3.11 bits per heavy atom. The molecule has 0 radical (unpaired) electrons. The summed E-state index contributed by atoms with van der Waals surface area (Å²) >= 11 is 6.60. The molecule has 1 saturated heterocycles. The van der Waals surface area contributed by atoms with Gasteiger partial charge >= 0.3 is 5.76 Å². The summed E-state index contributed by atoms with van der Waals surface area (Å²) in [5.41, 5.74) is 2.26. The highest BCUT2D eigenvalue weighted by molar-refractivity contribution is 6.21. The van der Waals surface area contributed by atoms with E-state index in [4.69, 9.17) is 20.8 Å². The second-order valence-electron chi connectivity index (χ2n) is 5.18. The molecule has 2 heterocycles. The van der Waals surface area contributed by atoms with Crippen molar-refractivity contribution in [3.8, 4) is 0 Å². The number of aromatic nitrogens is 1. The quantitative estimate of drug-likeness (QED) is 0.861. The van der Waals surface area contributed by atoms with Crippen molar-refractivity contribution < 1.29 is 9.15 Å². The van der Waals surface area contributed by atoms with Gasteiger partial charge in [0.15, 0.2) is 5.58 Å². The van der Waals surface area contributed by atoms with E-state index < -0.39 is 5.76 Å². The molecule has 0 bridgehead atoms. The molecule has 1 aliphatic rings. The van der Waals surface area contributed by atoms with E-state index in [0.717, 1.165) is 25.2 Å². The maximum atomic E-state index is 11.2. The van der Waals surface area contributed by atoms with Gasteiger partial charge in [-0.15, -0.1) is 11.6 Å². The first-order valence-electron chi connectivity index (χ1n) is 6.50. The predicted octanol–water partition coefficient (Wildman–Crippen LogP) is 3.07. The number of ether oxygens (including phenoxy) is 1. The fourth-order valence-electron chi connectivity index (χ4n) is 2.71. The summed E-state index contributed by atoms with van der Waals surface area (Å²) in [6.45, 7) is 3.68. The van der Waals surface area contributed by atoms with Crippen molar-refractivity contribution in [1.29, 1.82) is 0 Å². The molecule has 0 saturated carbocycles. The molecule has 3 atom stereocenters. The molecule has 1 aliphatic heterocycles. The van der Waals surface area contributed by atoms with Crippen molar-refractivity contribution in [2.75, 3.05) is 13.2 Å². The number of hydrogen-bond acceptors (Lipinski definition) is 3. The van der Waals surface area contributed by atoms with Crippen LogP contribution < -0.4 is 5.76 Å². The van der Waals surface area contributed by atoms with Crippen LogP contribution in [0.5, 0.6) is 0 Å². The Morgan fingerprint density at radius 2 is 2.32 bits per heavy atom. The van der Waals surface area contributed by atoms with Gasteiger partial charge in [-0.1, -0.05) is 13.0 Å². The highest BCUT2D eigenvalue weighted by atomic mass is 35.5. The van der Waals surface area contributed by atoms with Gasteiger partial charge in [-0.05, 0) is 36.0 Å². The third kappa shape index (κ3) is 2.42. The van der Waals surface area contributed by atoms with Crippen LogP contribution in [-0.2, 0) is 4.74 Å². The normalized spacial score (nSPS) is 25.6. The smallest absolute Gasteiger partial charge is 0.408 e. The molecule has 5 heteroatoms. The van der Waals surface area contributed by atoms with Crippen molar-refractivity contribution in [2.24, 2.45) is 11.8 Å². The largest absolute Gasteiger partial charge is 0.417 e. The SMILES string of the molecule is CC1COCCC1C(Cl)c1ccc2[nH]c(=O)oc2c1. The van der Waals surface area contributed by atoms with E-state index in [1.807, 2.05) is 18.2 Å². The molecule has 0 aliphatic carbocycles. The van der Waals surface area contributed by atoms with Crippen molar-refractivity contribution in [2.45, 2.75) is 18.7 Å². The van der Waals surface area contributed by atoms with Crippen molar-refractivity contribution >= 4 is 22.7 Å². The zero-order chi connectivity index (χ0) is 13.4. The number of halogens is 1. The minimum Gasteiger partial charge on any atom is -0.408 e. The molecule has 3 rings (SSSR count). The van der Waals surface area contributed by atoms with E-state index in [1.54, 1.807) is 0 Å². The van der Waals surface area contributed by atoms with E-state index in [-0.39, 0.29) is 5.38 Å². The third-order valence-corrected chi connectivity index (χ3v) is 4.42. The zero-order valence-electron chi connectivity index (χ0n) is 10.7. The summed E-state index contributed by atoms with van der Waals surface area (Å²) in [6.07, 6.45) is 0.963. The van der Waals surface area contributed by atoms with Crippen LogP contribution in [0.2, 0.25) is 0 Å². The molecule has 19 heavy (non-hydrogen) atoms. The van der Waals surface area contributed by atoms with Crippen molar-refractivity contribution in [3.05, 3.63) is 34.3 Å². The van der Waals surface area contributed by atoms with Gasteiger partial charge in [-0.25, -0.2) is 4.79 Å². The van der Waals surface area contributed by atoms with Crippen molar-refractivity contribution in [1.82, 2.24) is 4.98 Å². The number of aromatic amines is 1. The molecule has 4 nitrogen and oxygen atoms in total. The standard InChI is InChI=1S/C14H16ClNO3/c1-8-7-18-5-4-10(8)13(15)9-2-3-11-12(6-9)19-14(17)16-11/h2-3,6,8,10,13H,4-5,7H2,1H3,(H,16,17). The molecule has 1 fully saturated rings. The van der Waals surface area contributed by atoms with Crippen LogP contribution in [-0.4, -0.2) is 18.2 Å². The summed E-state index contributed by atoms with van der Waals surface area (Å²) in [6, 6.07) is 5.65. The van der Waals surface area contributed by atoms with Gasteiger partial charge in [0.1, 0.15) is 0 Å². The second kappa shape index (κ2) is 5.02. The van der Waals surface area contributed by atoms with Crippen molar-refractivity contribution in [3.63, 3.8) is 0 Å². The van der Waals surface area contributed by atoms with E-state index in [1.165, 1.54) is 0 Å². The molecule has 102 valence electrons. The lowest BCUT2D eigenvalue weighted by molar-refractivity contribution is 0.0228. The lowest BCUT2D eigenvalue weighted by Crippen LogP contribution is -2.28. The average Bonchev–Trinajstić information content (AvgIpc) is 2.77. The topological polar surface area (TPSA) is 55.2 Å². The summed E-state index contributed by atoms with van der Waals surface area (Å²) in [4.78, 5) is 13.8. The van der Waals surface area contributed by atoms with Gasteiger partial charge in [0.25, 0.3) is 0 Å². The fourth-order valence-corrected chi connectivity index (χ4v) is 3.22. The maximum Gasteiger partial charge on any atom is 0.417 e. The lowest BCUT2D eigenvalue weighted by atomic mass is 9.84. The number of nitrogens with one attached hydrogen (secondary N) is 1. The van der Waals surface area contributed by atoms with E-state index in [9.17, 15) is 4.79 Å². The Morgan fingerprint density at radius 1 is 1.47 bits per heavy atom. The Labute approximate surface area is 115 Å². The molecule has 0 spiro atoms. The summed E-state index contributed by atoms with van der Waals surface area (Å²) in [5.74, 6) is 0.390. The number of alkyl halides is 1. The van der Waals surface area contributed by atoms with Gasteiger partial charge in [-0.2, -0.15) is 0 Å². The van der Waals surface area contributed by atoms with Crippen LogP contribution in [0.3, 0.4) is 0 Å². The zero-order valence-corrected chi connectivity index (χ0v) is 11.4. The highest BCUT2D eigenvalue weighted by Crippen LogP contribution is 2.38. The number of rotatable bonds is 2. The van der Waals surface area contributed by atoms with E-state index in [0.29, 0.717) is 22.9 Å². The van der Waals surface area contributed by atoms with Gasteiger partial charge in [0.2, 0.25) is 0 Å². The molecule has 2 aromatic rings. The molecule has 0 amide bonds. The maximum absolute atomic E-state index is 11.2. The first-order valence-corrected chi connectivity index (χ1v) is 6.93. The Bertz CT molecular complexity index is 633. The third-order valence-electron chi connectivity index (χ3n) is 3.85. The van der Waals surface area contributed by atoms with Crippen LogP contribution in [0.4, 0.5) is 0 Å².